The van der Waals surface area contributed by atoms with Gasteiger partial charge >= 0.3 is 0 Å². The molecule has 2 amide bonds. The van der Waals surface area contributed by atoms with Crippen molar-refractivity contribution in [3.05, 3.63) is 30.1 Å². The number of rotatable bonds is 4. The maximum atomic E-state index is 14.0. The van der Waals surface area contributed by atoms with Crippen LogP contribution in [0.25, 0.3) is 0 Å². The van der Waals surface area contributed by atoms with Crippen molar-refractivity contribution < 1.29 is 14.0 Å². The molecule has 0 aromatic heterocycles. The van der Waals surface area contributed by atoms with Crippen molar-refractivity contribution in [2.75, 3.05) is 18.0 Å². The lowest BCUT2D eigenvalue weighted by molar-refractivity contribution is -0.130. The second kappa shape index (κ2) is 6.69. The van der Waals surface area contributed by atoms with Crippen molar-refractivity contribution >= 4 is 17.5 Å². The van der Waals surface area contributed by atoms with E-state index in [4.69, 9.17) is 0 Å². The van der Waals surface area contributed by atoms with Gasteiger partial charge in [-0.3, -0.25) is 9.59 Å². The smallest absolute Gasteiger partial charge is 0.232 e. The Kier molecular flexibility index (Phi) is 4.64. The maximum absolute atomic E-state index is 14.0. The summed E-state index contributed by atoms with van der Waals surface area (Å²) in [4.78, 5) is 28.4. The maximum Gasteiger partial charge on any atom is 0.232 e. The van der Waals surface area contributed by atoms with Crippen molar-refractivity contribution in [2.24, 2.45) is 5.92 Å². The van der Waals surface area contributed by atoms with E-state index in [-0.39, 0.29) is 24.2 Å². The zero-order valence-corrected chi connectivity index (χ0v) is 13.5. The number of benzene rings is 1. The van der Waals surface area contributed by atoms with Crippen LogP contribution in [0.4, 0.5) is 10.1 Å². The number of nitrogens with zero attached hydrogens (tertiary/aromatic N) is 2. The largest absolute Gasteiger partial charge is 0.339 e. The Hall–Kier alpha value is -1.91. The molecule has 23 heavy (non-hydrogen) atoms. The third-order valence-electron chi connectivity index (χ3n) is 5.00. The first-order chi connectivity index (χ1) is 11.1. The molecule has 0 bridgehead atoms. The lowest BCUT2D eigenvalue weighted by atomic mass is 10.1. The lowest BCUT2D eigenvalue weighted by Crippen LogP contribution is -2.39. The summed E-state index contributed by atoms with van der Waals surface area (Å²) in [5.41, 5.74) is 0.298. The Morgan fingerprint density at radius 3 is 2.65 bits per heavy atom. The van der Waals surface area contributed by atoms with Crippen molar-refractivity contribution in [3.63, 3.8) is 0 Å². The standard InChI is InChI=1S/C18H23FN2O2/c1-2-20(16-10-6-5-9-15(16)19)18(23)13-11-17(22)21(12-13)14-7-3-4-8-14/h5-6,9-10,13-14H,2-4,7-8,11-12H2,1H3. The van der Waals surface area contributed by atoms with E-state index >= 15 is 0 Å². The molecule has 2 fully saturated rings. The van der Waals surface area contributed by atoms with Gasteiger partial charge in [-0.1, -0.05) is 25.0 Å². The molecule has 0 radical (unpaired) electrons. The third-order valence-corrected chi connectivity index (χ3v) is 5.00. The fourth-order valence-corrected chi connectivity index (χ4v) is 3.80. The fourth-order valence-electron chi connectivity index (χ4n) is 3.80. The van der Waals surface area contributed by atoms with Crippen molar-refractivity contribution in [3.8, 4) is 0 Å². The summed E-state index contributed by atoms with van der Waals surface area (Å²) in [6.07, 6.45) is 4.64. The van der Waals surface area contributed by atoms with Crippen LogP contribution in [-0.2, 0) is 9.59 Å². The molecule has 1 unspecified atom stereocenters. The molecule has 124 valence electrons. The molecule has 1 atom stereocenters. The number of likely N-dealkylation sites (tertiary alicyclic amines) is 1. The Morgan fingerprint density at radius 2 is 2.00 bits per heavy atom. The first kappa shape index (κ1) is 16.0. The van der Waals surface area contributed by atoms with Crippen molar-refractivity contribution in [1.82, 2.24) is 4.90 Å². The van der Waals surface area contributed by atoms with E-state index in [1.165, 1.54) is 11.0 Å². The van der Waals surface area contributed by atoms with Gasteiger partial charge in [-0.05, 0) is 31.9 Å². The molecular formula is C18H23FN2O2. The SMILES string of the molecule is CCN(C(=O)C1CC(=O)N(C2CCCC2)C1)c1ccccc1F. The minimum absolute atomic E-state index is 0.0693. The van der Waals surface area contributed by atoms with Gasteiger partial charge in [-0.2, -0.15) is 0 Å². The molecule has 1 aliphatic carbocycles. The normalized spacial score (nSPS) is 21.9. The minimum atomic E-state index is -0.403. The minimum Gasteiger partial charge on any atom is -0.339 e. The second-order valence-corrected chi connectivity index (χ2v) is 6.42. The van der Waals surface area contributed by atoms with Gasteiger partial charge in [-0.25, -0.2) is 4.39 Å². The van der Waals surface area contributed by atoms with E-state index in [2.05, 4.69) is 0 Å². The predicted octanol–water partition coefficient (Wildman–Crippen LogP) is 2.97. The topological polar surface area (TPSA) is 40.6 Å². The average Bonchev–Trinajstić information content (AvgIpc) is 3.19. The summed E-state index contributed by atoms with van der Waals surface area (Å²) in [5, 5.41) is 0. The van der Waals surface area contributed by atoms with E-state index in [1.54, 1.807) is 18.2 Å². The lowest BCUT2D eigenvalue weighted by Gasteiger charge is -2.26. The van der Waals surface area contributed by atoms with Gasteiger partial charge in [0, 0.05) is 25.6 Å². The summed E-state index contributed by atoms with van der Waals surface area (Å²) >= 11 is 0. The number of hydrogen-bond acceptors (Lipinski definition) is 2. The third kappa shape index (κ3) is 3.09. The van der Waals surface area contributed by atoms with Gasteiger partial charge in [0.1, 0.15) is 5.82 Å². The van der Waals surface area contributed by atoms with E-state index in [0.29, 0.717) is 24.8 Å². The van der Waals surface area contributed by atoms with E-state index < -0.39 is 5.82 Å². The Labute approximate surface area is 136 Å². The van der Waals surface area contributed by atoms with Gasteiger partial charge in [0.25, 0.3) is 0 Å². The van der Waals surface area contributed by atoms with Crippen LogP contribution in [-0.4, -0.2) is 35.8 Å². The van der Waals surface area contributed by atoms with Crippen LogP contribution in [0.5, 0.6) is 0 Å². The highest BCUT2D eigenvalue weighted by Crippen LogP contribution is 2.31. The number of hydrogen-bond donors (Lipinski definition) is 0. The molecule has 5 heteroatoms. The molecule has 4 nitrogen and oxygen atoms in total. The number of anilines is 1. The van der Waals surface area contributed by atoms with Crippen LogP contribution < -0.4 is 4.90 Å². The highest BCUT2D eigenvalue weighted by Gasteiger charge is 2.40. The summed E-state index contributed by atoms with van der Waals surface area (Å²) in [7, 11) is 0. The molecule has 3 rings (SSSR count). The van der Waals surface area contributed by atoms with Gasteiger partial charge in [0.15, 0.2) is 0 Å². The highest BCUT2D eigenvalue weighted by atomic mass is 19.1. The summed E-state index contributed by atoms with van der Waals surface area (Å²) < 4.78 is 14.0. The van der Waals surface area contributed by atoms with Gasteiger partial charge in [-0.15, -0.1) is 0 Å². The van der Waals surface area contributed by atoms with Crippen LogP contribution in [0, 0.1) is 11.7 Å². The van der Waals surface area contributed by atoms with E-state index in [1.807, 2.05) is 11.8 Å². The number of para-hydroxylation sites is 1. The number of halogens is 1. The molecule has 1 saturated heterocycles. The summed E-state index contributed by atoms with van der Waals surface area (Å²) in [5.74, 6) is -0.839. The number of amides is 2. The van der Waals surface area contributed by atoms with E-state index in [9.17, 15) is 14.0 Å². The zero-order chi connectivity index (χ0) is 16.4. The molecule has 1 saturated carbocycles. The van der Waals surface area contributed by atoms with Crippen LogP contribution in [0.15, 0.2) is 24.3 Å². The van der Waals surface area contributed by atoms with Gasteiger partial charge in [0.2, 0.25) is 11.8 Å². The van der Waals surface area contributed by atoms with Crippen LogP contribution in [0.3, 0.4) is 0 Å². The van der Waals surface area contributed by atoms with Crippen molar-refractivity contribution in [1.29, 1.82) is 0 Å². The van der Waals surface area contributed by atoms with Crippen molar-refractivity contribution in [2.45, 2.75) is 45.1 Å². The van der Waals surface area contributed by atoms with E-state index in [0.717, 1.165) is 25.7 Å². The molecule has 0 spiro atoms. The number of carbonyl (C=O) groups excluding carboxylic acids is 2. The highest BCUT2D eigenvalue weighted by molar-refractivity contribution is 5.99. The average molecular weight is 318 g/mol. The molecule has 1 aliphatic heterocycles. The fraction of sp³-hybridized carbons (Fsp3) is 0.556. The van der Waals surface area contributed by atoms with Crippen LogP contribution in [0.1, 0.15) is 39.0 Å². The molecule has 0 N–H and O–H groups in total. The molecule has 1 aromatic rings. The first-order valence-corrected chi connectivity index (χ1v) is 8.47. The number of carbonyl (C=O) groups is 2. The Bertz CT molecular complexity index is 598. The zero-order valence-electron chi connectivity index (χ0n) is 13.5. The Morgan fingerprint density at radius 1 is 1.30 bits per heavy atom. The van der Waals surface area contributed by atoms with Gasteiger partial charge < -0.3 is 9.80 Å². The summed E-state index contributed by atoms with van der Waals surface area (Å²) in [6, 6.07) is 6.60. The van der Waals surface area contributed by atoms with Crippen LogP contribution in [0.2, 0.25) is 0 Å². The monoisotopic (exact) mass is 318 g/mol. The van der Waals surface area contributed by atoms with Gasteiger partial charge in [0.05, 0.1) is 11.6 Å². The first-order valence-electron chi connectivity index (χ1n) is 8.47. The molecule has 1 heterocycles. The Balaban J connectivity index is 1.74. The quantitative estimate of drug-likeness (QED) is 0.856. The molecule has 2 aliphatic rings. The predicted molar refractivity (Wildman–Crippen MR) is 86.5 cm³/mol. The molecular weight excluding hydrogens is 295 g/mol. The van der Waals surface area contributed by atoms with Crippen LogP contribution >= 0.6 is 0 Å². The summed E-state index contributed by atoms with van der Waals surface area (Å²) in [6.45, 7) is 2.71. The second-order valence-electron chi connectivity index (χ2n) is 6.42. The molecule has 1 aromatic carbocycles.